The lowest BCUT2D eigenvalue weighted by Crippen LogP contribution is -2.50. The number of nitrogens with one attached hydrogen (secondary N) is 1. The molecule has 0 spiro atoms. The van der Waals surface area contributed by atoms with Crippen LogP contribution in [-0.4, -0.2) is 47.0 Å². The Morgan fingerprint density at radius 1 is 1.30 bits per heavy atom. The van der Waals surface area contributed by atoms with E-state index < -0.39 is 24.5 Å². The highest BCUT2D eigenvalue weighted by molar-refractivity contribution is 5.86. The number of nitrogens with zero attached hydrogens (tertiary/aromatic N) is 1. The van der Waals surface area contributed by atoms with Crippen molar-refractivity contribution in [1.29, 1.82) is 0 Å². The predicted octanol–water partition coefficient (Wildman–Crippen LogP) is 0.537. The molecule has 0 aliphatic heterocycles. The number of carboxylic acids is 1. The van der Waals surface area contributed by atoms with Gasteiger partial charge in [0.15, 0.2) is 0 Å². The van der Waals surface area contributed by atoms with Crippen LogP contribution in [0.3, 0.4) is 0 Å². The van der Waals surface area contributed by atoms with Crippen LogP contribution in [0.2, 0.25) is 0 Å². The Bertz CT molecular complexity index is 357. The maximum absolute atomic E-state index is 12.0. The molecule has 20 heavy (non-hydrogen) atoms. The summed E-state index contributed by atoms with van der Waals surface area (Å²) in [5, 5.41) is 11.6. The molecule has 1 aliphatic carbocycles. The summed E-state index contributed by atoms with van der Waals surface area (Å²) in [6.45, 7) is 1.21. The van der Waals surface area contributed by atoms with E-state index in [4.69, 9.17) is 10.8 Å². The fraction of sp³-hybridized carbons (Fsp3) is 0.769. The molecule has 1 rings (SSSR count). The summed E-state index contributed by atoms with van der Waals surface area (Å²) in [4.78, 5) is 34.6. The fourth-order valence-electron chi connectivity index (χ4n) is 2.61. The zero-order chi connectivity index (χ0) is 15.1. The maximum Gasteiger partial charge on any atom is 0.323 e. The van der Waals surface area contributed by atoms with Crippen molar-refractivity contribution in [2.24, 2.45) is 11.7 Å². The molecule has 0 aromatic heterocycles. The first-order valence-corrected chi connectivity index (χ1v) is 6.97. The first-order chi connectivity index (χ1) is 9.42. The van der Waals surface area contributed by atoms with E-state index >= 15 is 0 Å². The van der Waals surface area contributed by atoms with Crippen molar-refractivity contribution in [2.75, 3.05) is 13.1 Å². The van der Waals surface area contributed by atoms with E-state index in [-0.39, 0.29) is 12.6 Å². The van der Waals surface area contributed by atoms with Crippen molar-refractivity contribution in [2.45, 2.75) is 45.1 Å². The molecule has 2 atom stereocenters. The van der Waals surface area contributed by atoms with E-state index in [1.165, 1.54) is 6.42 Å². The van der Waals surface area contributed by atoms with Gasteiger partial charge in [0.1, 0.15) is 13.1 Å². The van der Waals surface area contributed by atoms with Crippen LogP contribution in [-0.2, 0) is 9.59 Å². The highest BCUT2D eigenvalue weighted by Gasteiger charge is 2.25. The number of aliphatic carboxylic acids is 1. The highest BCUT2D eigenvalue weighted by Crippen LogP contribution is 2.26. The van der Waals surface area contributed by atoms with Gasteiger partial charge in [-0.15, -0.1) is 0 Å². The van der Waals surface area contributed by atoms with Gasteiger partial charge in [-0.3, -0.25) is 9.59 Å². The number of primary amides is 1. The van der Waals surface area contributed by atoms with Crippen molar-refractivity contribution < 1.29 is 19.5 Å². The van der Waals surface area contributed by atoms with Crippen LogP contribution < -0.4 is 11.1 Å². The van der Waals surface area contributed by atoms with Crippen molar-refractivity contribution in [1.82, 2.24) is 10.2 Å². The molecule has 2 unspecified atom stereocenters. The van der Waals surface area contributed by atoms with Gasteiger partial charge in [0.05, 0.1) is 0 Å². The molecule has 0 aromatic carbocycles. The van der Waals surface area contributed by atoms with Gasteiger partial charge < -0.3 is 21.1 Å². The first-order valence-electron chi connectivity index (χ1n) is 6.97. The minimum atomic E-state index is -1.17. The van der Waals surface area contributed by atoms with Crippen LogP contribution in [0.1, 0.15) is 39.0 Å². The molecule has 3 amide bonds. The highest BCUT2D eigenvalue weighted by atomic mass is 16.4. The van der Waals surface area contributed by atoms with Crippen molar-refractivity contribution in [3.63, 3.8) is 0 Å². The molecule has 1 aliphatic rings. The molecule has 0 aromatic rings. The van der Waals surface area contributed by atoms with Crippen LogP contribution >= 0.6 is 0 Å². The number of carbonyl (C=O) groups excluding carboxylic acids is 2. The van der Waals surface area contributed by atoms with Gasteiger partial charge >= 0.3 is 12.0 Å². The topological polar surface area (TPSA) is 113 Å². The molecule has 0 bridgehead atoms. The second-order valence-corrected chi connectivity index (χ2v) is 5.30. The molecule has 7 heteroatoms. The zero-order valence-corrected chi connectivity index (χ0v) is 11.8. The van der Waals surface area contributed by atoms with Gasteiger partial charge in [-0.1, -0.05) is 26.2 Å². The largest absolute Gasteiger partial charge is 0.480 e. The minimum Gasteiger partial charge on any atom is -0.480 e. The van der Waals surface area contributed by atoms with E-state index in [2.05, 4.69) is 12.2 Å². The Hall–Kier alpha value is -1.79. The van der Waals surface area contributed by atoms with Crippen molar-refractivity contribution in [3.8, 4) is 0 Å². The number of nitrogens with two attached hydrogens (primary N) is 1. The second kappa shape index (κ2) is 7.72. The summed E-state index contributed by atoms with van der Waals surface area (Å²) in [6.07, 6.45) is 5.09. The Morgan fingerprint density at radius 2 is 2.00 bits per heavy atom. The normalized spacial score (nSPS) is 22.1. The van der Waals surface area contributed by atoms with E-state index in [1.54, 1.807) is 0 Å². The molecule has 1 saturated carbocycles. The summed E-state index contributed by atoms with van der Waals surface area (Å²) < 4.78 is 0. The third-order valence-electron chi connectivity index (χ3n) is 3.65. The average molecular weight is 285 g/mol. The van der Waals surface area contributed by atoms with Gasteiger partial charge in [0, 0.05) is 6.04 Å². The Morgan fingerprint density at radius 3 is 2.55 bits per heavy atom. The monoisotopic (exact) mass is 285 g/mol. The van der Waals surface area contributed by atoms with Gasteiger partial charge in [0.25, 0.3) is 0 Å². The molecule has 0 heterocycles. The molecule has 114 valence electrons. The molecule has 4 N–H and O–H groups in total. The van der Waals surface area contributed by atoms with Gasteiger partial charge in [0.2, 0.25) is 5.91 Å². The van der Waals surface area contributed by atoms with Crippen LogP contribution in [0.25, 0.3) is 0 Å². The Kier molecular flexibility index (Phi) is 6.27. The molecule has 1 fully saturated rings. The van der Waals surface area contributed by atoms with Crippen LogP contribution in [0.4, 0.5) is 4.79 Å². The van der Waals surface area contributed by atoms with Crippen LogP contribution in [0.5, 0.6) is 0 Å². The first kappa shape index (κ1) is 16.3. The van der Waals surface area contributed by atoms with E-state index in [0.29, 0.717) is 5.92 Å². The number of hydrogen-bond acceptors (Lipinski definition) is 3. The number of hydrogen-bond donors (Lipinski definition) is 3. The SMILES string of the molecule is CCC1CCCC(NC(=O)N(CC(N)=O)CC(=O)O)C1. The van der Waals surface area contributed by atoms with Crippen LogP contribution in [0.15, 0.2) is 0 Å². The van der Waals surface area contributed by atoms with E-state index in [1.807, 2.05) is 0 Å². The summed E-state index contributed by atoms with van der Waals surface area (Å²) in [5.74, 6) is -1.30. The number of amides is 3. The third-order valence-corrected chi connectivity index (χ3v) is 3.65. The quantitative estimate of drug-likeness (QED) is 0.661. The fourth-order valence-corrected chi connectivity index (χ4v) is 2.61. The summed E-state index contributed by atoms with van der Waals surface area (Å²) >= 11 is 0. The molecular weight excluding hydrogens is 262 g/mol. The van der Waals surface area contributed by atoms with Crippen LogP contribution in [0, 0.1) is 5.92 Å². The average Bonchev–Trinajstić information content (AvgIpc) is 2.37. The molecule has 0 radical (unpaired) electrons. The standard InChI is InChI=1S/C13H23N3O4/c1-2-9-4-3-5-10(6-9)15-13(20)16(7-11(14)17)8-12(18)19/h9-10H,2-8H2,1H3,(H2,14,17)(H,15,20)(H,18,19). The van der Waals surface area contributed by atoms with Gasteiger partial charge in [-0.2, -0.15) is 0 Å². The summed E-state index contributed by atoms with van der Waals surface area (Å²) in [6, 6.07) is -0.488. The predicted molar refractivity (Wildman–Crippen MR) is 73.0 cm³/mol. The Labute approximate surface area is 118 Å². The van der Waals surface area contributed by atoms with E-state index in [9.17, 15) is 14.4 Å². The van der Waals surface area contributed by atoms with Crippen molar-refractivity contribution >= 4 is 17.9 Å². The number of rotatable bonds is 6. The lowest BCUT2D eigenvalue weighted by Gasteiger charge is -2.31. The number of carboxylic acid groups (broad SMARTS) is 1. The third kappa shape index (κ3) is 5.46. The molecule has 0 saturated heterocycles. The number of carbonyl (C=O) groups is 3. The lowest BCUT2D eigenvalue weighted by molar-refractivity contribution is -0.137. The smallest absolute Gasteiger partial charge is 0.323 e. The molecule has 7 nitrogen and oxygen atoms in total. The second-order valence-electron chi connectivity index (χ2n) is 5.30. The van der Waals surface area contributed by atoms with Gasteiger partial charge in [-0.25, -0.2) is 4.79 Å². The van der Waals surface area contributed by atoms with Crippen molar-refractivity contribution in [3.05, 3.63) is 0 Å². The molecular formula is C13H23N3O4. The Balaban J connectivity index is 2.55. The minimum absolute atomic E-state index is 0.0466. The summed E-state index contributed by atoms with van der Waals surface area (Å²) in [5.41, 5.74) is 5.03. The lowest BCUT2D eigenvalue weighted by atomic mass is 9.84. The number of urea groups is 1. The van der Waals surface area contributed by atoms with Gasteiger partial charge in [-0.05, 0) is 18.8 Å². The maximum atomic E-state index is 12.0. The zero-order valence-electron chi connectivity index (χ0n) is 11.8. The van der Waals surface area contributed by atoms with E-state index in [0.717, 1.165) is 30.6 Å². The summed E-state index contributed by atoms with van der Waals surface area (Å²) in [7, 11) is 0.